The van der Waals surface area contributed by atoms with Gasteiger partial charge in [0.15, 0.2) is 0 Å². The van der Waals surface area contributed by atoms with E-state index in [1.807, 2.05) is 0 Å². The maximum atomic E-state index is 10.6. The Bertz CT molecular complexity index is 266. The third kappa shape index (κ3) is 3.01. The maximum absolute atomic E-state index is 10.6. The van der Waals surface area contributed by atoms with E-state index in [-0.39, 0.29) is 19.0 Å². The lowest BCUT2D eigenvalue weighted by atomic mass is 10.0. The average molecular weight is 203 g/mol. The number of hydrogen-bond acceptors (Lipinski definition) is 3. The molecule has 1 unspecified atom stereocenters. The Morgan fingerprint density at radius 3 is 2.77 bits per heavy atom. The Morgan fingerprint density at radius 2 is 2.38 bits per heavy atom. The van der Waals surface area contributed by atoms with E-state index in [0.717, 1.165) is 0 Å². The van der Waals surface area contributed by atoms with Crippen molar-refractivity contribution in [3.63, 3.8) is 0 Å². The van der Waals surface area contributed by atoms with Crippen LogP contribution < -0.4 is 5.73 Å². The van der Waals surface area contributed by atoms with E-state index >= 15 is 0 Å². The second kappa shape index (κ2) is 5.50. The molecule has 0 aliphatic carbocycles. The Balaban J connectivity index is 0.00000144. The van der Waals surface area contributed by atoms with E-state index < -0.39 is 11.9 Å². The monoisotopic (exact) mass is 202 g/mol. The van der Waals surface area contributed by atoms with Gasteiger partial charge in [0.25, 0.3) is 0 Å². The average Bonchev–Trinajstić information content (AvgIpc) is 2.07. The normalized spacial score (nSPS) is 11.5. The van der Waals surface area contributed by atoms with Crippen molar-refractivity contribution in [1.29, 1.82) is 0 Å². The second-order valence-electron chi connectivity index (χ2n) is 2.41. The highest BCUT2D eigenvalue weighted by Gasteiger charge is 2.17. The molecule has 13 heavy (non-hydrogen) atoms. The number of nitrogens with two attached hydrogens (primary N) is 1. The van der Waals surface area contributed by atoms with Gasteiger partial charge in [0.05, 0.1) is 5.92 Å². The predicted molar refractivity (Wildman–Crippen MR) is 50.9 cm³/mol. The van der Waals surface area contributed by atoms with Crippen LogP contribution in [0, 0.1) is 0 Å². The van der Waals surface area contributed by atoms with Crippen LogP contribution in [-0.2, 0) is 4.79 Å². The number of aliphatic carboxylic acids is 1. The minimum Gasteiger partial charge on any atom is -0.481 e. The molecule has 1 atom stereocenters. The van der Waals surface area contributed by atoms with Gasteiger partial charge in [-0.05, 0) is 11.6 Å². The van der Waals surface area contributed by atoms with Gasteiger partial charge >= 0.3 is 5.97 Å². The number of halogens is 1. The molecule has 0 aliphatic rings. The van der Waals surface area contributed by atoms with E-state index in [1.54, 1.807) is 18.3 Å². The molecule has 0 aliphatic heterocycles. The molecule has 0 spiro atoms. The zero-order chi connectivity index (χ0) is 8.97. The van der Waals surface area contributed by atoms with Crippen LogP contribution in [0.5, 0.6) is 0 Å². The molecule has 4 nitrogen and oxygen atoms in total. The second-order valence-corrected chi connectivity index (χ2v) is 2.41. The number of pyridine rings is 1. The van der Waals surface area contributed by atoms with E-state index in [2.05, 4.69) is 4.98 Å². The van der Waals surface area contributed by atoms with Crippen molar-refractivity contribution < 1.29 is 9.90 Å². The van der Waals surface area contributed by atoms with Crippen molar-refractivity contribution in [3.8, 4) is 0 Å². The fourth-order valence-corrected chi connectivity index (χ4v) is 0.962. The molecule has 72 valence electrons. The third-order valence-electron chi connectivity index (χ3n) is 1.62. The van der Waals surface area contributed by atoms with Gasteiger partial charge in [-0.2, -0.15) is 0 Å². The van der Waals surface area contributed by atoms with Crippen molar-refractivity contribution in [2.75, 3.05) is 6.54 Å². The zero-order valence-corrected chi connectivity index (χ0v) is 7.70. The molecular weight excluding hydrogens is 192 g/mol. The predicted octanol–water partition coefficient (Wildman–Crippen LogP) is 0.630. The minimum atomic E-state index is -0.912. The molecule has 0 saturated carbocycles. The van der Waals surface area contributed by atoms with Crippen molar-refractivity contribution in [2.24, 2.45) is 5.73 Å². The van der Waals surface area contributed by atoms with Gasteiger partial charge < -0.3 is 10.8 Å². The first-order chi connectivity index (χ1) is 5.75. The van der Waals surface area contributed by atoms with Crippen LogP contribution in [0.15, 0.2) is 24.5 Å². The number of carboxylic acid groups (broad SMARTS) is 1. The van der Waals surface area contributed by atoms with E-state index in [0.29, 0.717) is 5.56 Å². The van der Waals surface area contributed by atoms with Gasteiger partial charge in [-0.1, -0.05) is 6.07 Å². The van der Waals surface area contributed by atoms with Crippen molar-refractivity contribution in [2.45, 2.75) is 5.92 Å². The van der Waals surface area contributed by atoms with Gasteiger partial charge in [0.1, 0.15) is 0 Å². The lowest BCUT2D eigenvalue weighted by Gasteiger charge is -2.07. The maximum Gasteiger partial charge on any atom is 0.312 e. The summed E-state index contributed by atoms with van der Waals surface area (Å²) in [4.78, 5) is 14.4. The number of carbonyl (C=O) groups is 1. The van der Waals surface area contributed by atoms with Crippen LogP contribution >= 0.6 is 12.4 Å². The Labute approximate surface area is 82.2 Å². The van der Waals surface area contributed by atoms with Crippen LogP contribution in [0.4, 0.5) is 0 Å². The molecule has 0 amide bonds. The zero-order valence-electron chi connectivity index (χ0n) is 6.88. The van der Waals surface area contributed by atoms with Crippen molar-refractivity contribution >= 4 is 18.4 Å². The summed E-state index contributed by atoms with van der Waals surface area (Å²) < 4.78 is 0. The molecule has 1 aromatic rings. The summed E-state index contributed by atoms with van der Waals surface area (Å²) in [7, 11) is 0. The molecule has 1 rings (SSSR count). The lowest BCUT2D eigenvalue weighted by Crippen LogP contribution is -2.21. The quantitative estimate of drug-likeness (QED) is 0.754. The van der Waals surface area contributed by atoms with E-state index in [4.69, 9.17) is 10.8 Å². The largest absolute Gasteiger partial charge is 0.481 e. The summed E-state index contributed by atoms with van der Waals surface area (Å²) >= 11 is 0. The van der Waals surface area contributed by atoms with Gasteiger partial charge in [-0.15, -0.1) is 12.4 Å². The topological polar surface area (TPSA) is 76.2 Å². The van der Waals surface area contributed by atoms with Crippen LogP contribution in [0.1, 0.15) is 11.5 Å². The highest BCUT2D eigenvalue weighted by Crippen LogP contribution is 2.12. The minimum absolute atomic E-state index is 0. The molecule has 1 heterocycles. The first kappa shape index (κ1) is 11.9. The van der Waals surface area contributed by atoms with Crippen LogP contribution in [0.3, 0.4) is 0 Å². The molecule has 1 aromatic heterocycles. The van der Waals surface area contributed by atoms with E-state index in [1.165, 1.54) is 6.20 Å². The number of carboxylic acids is 1. The molecule has 3 N–H and O–H groups in total. The van der Waals surface area contributed by atoms with Crippen molar-refractivity contribution in [1.82, 2.24) is 4.98 Å². The lowest BCUT2D eigenvalue weighted by molar-refractivity contribution is -0.138. The Morgan fingerprint density at radius 1 is 1.69 bits per heavy atom. The molecule has 0 radical (unpaired) electrons. The van der Waals surface area contributed by atoms with Gasteiger partial charge in [-0.25, -0.2) is 0 Å². The summed E-state index contributed by atoms with van der Waals surface area (Å²) in [6, 6.07) is 3.40. The van der Waals surface area contributed by atoms with Gasteiger partial charge in [0, 0.05) is 18.9 Å². The van der Waals surface area contributed by atoms with Crippen LogP contribution in [0.2, 0.25) is 0 Å². The molecular formula is C8H11ClN2O2. The van der Waals surface area contributed by atoms with Gasteiger partial charge in [-0.3, -0.25) is 9.78 Å². The summed E-state index contributed by atoms with van der Waals surface area (Å²) in [6.07, 6.45) is 3.12. The summed E-state index contributed by atoms with van der Waals surface area (Å²) in [5.41, 5.74) is 5.94. The summed E-state index contributed by atoms with van der Waals surface area (Å²) in [5, 5.41) is 8.72. The smallest absolute Gasteiger partial charge is 0.312 e. The van der Waals surface area contributed by atoms with E-state index in [9.17, 15) is 4.79 Å². The molecule has 0 bridgehead atoms. The molecule has 0 saturated heterocycles. The standard InChI is InChI=1S/C8H10N2O2.ClH/c9-4-7(8(11)12)6-2-1-3-10-5-6;/h1-3,5,7H,4,9H2,(H,11,12);1H. The Kier molecular flexibility index (Phi) is 5.03. The third-order valence-corrected chi connectivity index (χ3v) is 1.62. The first-order valence-electron chi connectivity index (χ1n) is 3.58. The summed E-state index contributed by atoms with van der Waals surface area (Å²) in [5.74, 6) is -1.55. The molecule has 0 aromatic carbocycles. The SMILES string of the molecule is Cl.NCC(C(=O)O)c1cccnc1. The number of rotatable bonds is 3. The first-order valence-corrected chi connectivity index (χ1v) is 3.58. The van der Waals surface area contributed by atoms with Crippen LogP contribution in [-0.4, -0.2) is 22.6 Å². The highest BCUT2D eigenvalue weighted by atomic mass is 35.5. The van der Waals surface area contributed by atoms with Gasteiger partial charge in [0.2, 0.25) is 0 Å². The molecule has 5 heteroatoms. The van der Waals surface area contributed by atoms with Crippen molar-refractivity contribution in [3.05, 3.63) is 30.1 Å². The van der Waals surface area contributed by atoms with Crippen LogP contribution in [0.25, 0.3) is 0 Å². The summed E-state index contributed by atoms with van der Waals surface area (Å²) in [6.45, 7) is 0.0982. The fraction of sp³-hybridized carbons (Fsp3) is 0.250. The fourth-order valence-electron chi connectivity index (χ4n) is 0.962. The number of aromatic nitrogens is 1. The Hall–Kier alpha value is -1.13. The molecule has 0 fully saturated rings. The number of nitrogens with zero attached hydrogens (tertiary/aromatic N) is 1. The highest BCUT2D eigenvalue weighted by molar-refractivity contribution is 5.85. The number of hydrogen-bond donors (Lipinski definition) is 2.